The van der Waals surface area contributed by atoms with Crippen LogP contribution >= 0.6 is 0 Å². The topological polar surface area (TPSA) is 104 Å². The number of anilines is 2. The molecule has 0 saturated heterocycles. The van der Waals surface area contributed by atoms with Gasteiger partial charge in [-0.15, -0.1) is 0 Å². The van der Waals surface area contributed by atoms with Crippen LogP contribution in [0.2, 0.25) is 0 Å². The highest BCUT2D eigenvalue weighted by Crippen LogP contribution is 2.24. The van der Waals surface area contributed by atoms with E-state index in [4.69, 9.17) is 0 Å². The van der Waals surface area contributed by atoms with Crippen molar-refractivity contribution >= 4 is 33.2 Å². The molecule has 0 aromatic heterocycles. The summed E-state index contributed by atoms with van der Waals surface area (Å²) in [6, 6.07) is 17.8. The van der Waals surface area contributed by atoms with Crippen molar-refractivity contribution in [2.75, 3.05) is 10.0 Å². The highest BCUT2D eigenvalue weighted by Gasteiger charge is 2.25. The van der Waals surface area contributed by atoms with Gasteiger partial charge in [0.2, 0.25) is 5.91 Å². The largest absolute Gasteiger partial charge is 0.340 e. The fraction of sp³-hybridized carbons (Fsp3) is 0.259. The number of sulfonamides is 1. The van der Waals surface area contributed by atoms with Crippen molar-refractivity contribution in [3.05, 3.63) is 89.0 Å². The van der Waals surface area contributed by atoms with Gasteiger partial charge in [-0.25, -0.2) is 8.42 Å². The number of hydrogen-bond acceptors (Lipinski definition) is 4. The molecule has 1 unspecified atom stereocenters. The molecule has 0 spiro atoms. The number of rotatable bonds is 8. The summed E-state index contributed by atoms with van der Waals surface area (Å²) in [6.45, 7) is 9.26. The Bertz CT molecular complexity index is 1310. The molecule has 3 N–H and O–H groups in total. The van der Waals surface area contributed by atoms with Gasteiger partial charge in [-0.3, -0.25) is 14.3 Å². The van der Waals surface area contributed by atoms with E-state index < -0.39 is 16.1 Å². The van der Waals surface area contributed by atoms with Gasteiger partial charge in [0.05, 0.1) is 10.6 Å². The molecule has 0 aliphatic carbocycles. The Morgan fingerprint density at radius 3 is 2.00 bits per heavy atom. The molecule has 35 heavy (non-hydrogen) atoms. The molecule has 0 aliphatic heterocycles. The number of amides is 2. The second kappa shape index (κ2) is 10.7. The number of benzene rings is 3. The van der Waals surface area contributed by atoms with Crippen LogP contribution in [0.1, 0.15) is 40.9 Å². The molecular formula is C27H31N3O4S. The molecule has 3 rings (SSSR count). The second-order valence-electron chi connectivity index (χ2n) is 8.95. The van der Waals surface area contributed by atoms with Crippen molar-refractivity contribution in [2.45, 2.75) is 45.6 Å². The third-order valence-corrected chi connectivity index (χ3v) is 7.03. The zero-order chi connectivity index (χ0) is 25.8. The normalized spacial score (nSPS) is 12.2. The van der Waals surface area contributed by atoms with E-state index in [0.29, 0.717) is 16.9 Å². The van der Waals surface area contributed by atoms with Gasteiger partial charge < -0.3 is 10.6 Å². The molecule has 0 fully saturated rings. The number of para-hydroxylation sites is 1. The van der Waals surface area contributed by atoms with Gasteiger partial charge in [-0.2, -0.15) is 0 Å². The molecule has 0 bridgehead atoms. The molecule has 0 saturated carbocycles. The van der Waals surface area contributed by atoms with E-state index in [-0.39, 0.29) is 22.6 Å². The molecule has 2 amide bonds. The van der Waals surface area contributed by atoms with Gasteiger partial charge in [0.15, 0.2) is 0 Å². The minimum Gasteiger partial charge on any atom is -0.340 e. The first-order valence-corrected chi connectivity index (χ1v) is 12.8. The van der Waals surface area contributed by atoms with E-state index in [2.05, 4.69) is 15.4 Å². The van der Waals surface area contributed by atoms with Gasteiger partial charge in [0.1, 0.15) is 6.04 Å². The predicted octanol–water partition coefficient (Wildman–Crippen LogP) is 4.81. The molecular weight excluding hydrogens is 462 g/mol. The Kier molecular flexibility index (Phi) is 7.96. The molecule has 8 heteroatoms. The average molecular weight is 494 g/mol. The van der Waals surface area contributed by atoms with Crippen LogP contribution in [0, 0.1) is 26.7 Å². The predicted molar refractivity (Wildman–Crippen MR) is 139 cm³/mol. The average Bonchev–Trinajstić information content (AvgIpc) is 2.80. The summed E-state index contributed by atoms with van der Waals surface area (Å²) in [5, 5.41) is 5.57. The van der Waals surface area contributed by atoms with Crippen LogP contribution in [0.3, 0.4) is 0 Å². The molecule has 1 atom stereocenters. The minimum absolute atomic E-state index is 0.0753. The maximum absolute atomic E-state index is 12.9. The summed E-state index contributed by atoms with van der Waals surface area (Å²) in [5.74, 6) is -0.878. The standard InChI is InChI=1S/C27H31N3O4S/c1-17(2)24(29-26(31)21-11-6-8-18(3)16-21)27(32)28-22-12-14-23(15-13-22)35(33,34)30-25-19(4)9-7-10-20(25)5/h6-17,24,30H,1-5H3,(H,28,32)(H,29,31). The number of carbonyl (C=O) groups is 2. The molecule has 3 aromatic rings. The van der Waals surface area contributed by atoms with Gasteiger partial charge in [0.25, 0.3) is 15.9 Å². The Morgan fingerprint density at radius 2 is 1.43 bits per heavy atom. The third-order valence-electron chi connectivity index (χ3n) is 5.67. The zero-order valence-corrected chi connectivity index (χ0v) is 21.4. The monoisotopic (exact) mass is 493 g/mol. The van der Waals surface area contributed by atoms with Crippen LogP contribution in [-0.2, 0) is 14.8 Å². The summed E-state index contributed by atoms with van der Waals surface area (Å²) in [5.41, 5.74) is 4.06. The lowest BCUT2D eigenvalue weighted by molar-refractivity contribution is -0.118. The summed E-state index contributed by atoms with van der Waals surface area (Å²) in [4.78, 5) is 25.7. The summed E-state index contributed by atoms with van der Waals surface area (Å²) in [7, 11) is -3.80. The van der Waals surface area contributed by atoms with E-state index >= 15 is 0 Å². The van der Waals surface area contributed by atoms with Gasteiger partial charge in [-0.05, 0) is 74.2 Å². The fourth-order valence-corrected chi connectivity index (χ4v) is 4.85. The lowest BCUT2D eigenvalue weighted by Gasteiger charge is -2.22. The van der Waals surface area contributed by atoms with E-state index in [9.17, 15) is 18.0 Å². The van der Waals surface area contributed by atoms with Crippen molar-refractivity contribution in [1.82, 2.24) is 5.32 Å². The Hall–Kier alpha value is -3.65. The van der Waals surface area contributed by atoms with Gasteiger partial charge >= 0.3 is 0 Å². The molecule has 7 nitrogen and oxygen atoms in total. The van der Waals surface area contributed by atoms with E-state index in [1.54, 1.807) is 18.2 Å². The Labute approximate surface area is 207 Å². The van der Waals surface area contributed by atoms with Crippen LogP contribution < -0.4 is 15.4 Å². The van der Waals surface area contributed by atoms with Crippen molar-refractivity contribution in [3.8, 4) is 0 Å². The molecule has 0 radical (unpaired) electrons. The number of nitrogens with one attached hydrogen (secondary N) is 3. The maximum Gasteiger partial charge on any atom is 0.261 e. The van der Waals surface area contributed by atoms with Crippen molar-refractivity contribution in [3.63, 3.8) is 0 Å². The van der Waals surface area contributed by atoms with Crippen molar-refractivity contribution < 1.29 is 18.0 Å². The molecule has 184 valence electrons. The highest BCUT2D eigenvalue weighted by atomic mass is 32.2. The second-order valence-corrected chi connectivity index (χ2v) is 10.6. The molecule has 3 aromatic carbocycles. The number of carbonyl (C=O) groups excluding carboxylic acids is 2. The van der Waals surface area contributed by atoms with Crippen LogP contribution in [0.4, 0.5) is 11.4 Å². The van der Waals surface area contributed by atoms with Gasteiger partial charge in [-0.1, -0.05) is 49.7 Å². The van der Waals surface area contributed by atoms with Crippen LogP contribution in [0.25, 0.3) is 0 Å². The van der Waals surface area contributed by atoms with E-state index in [0.717, 1.165) is 16.7 Å². The van der Waals surface area contributed by atoms with Crippen LogP contribution in [-0.4, -0.2) is 26.3 Å². The smallest absolute Gasteiger partial charge is 0.261 e. The Balaban J connectivity index is 1.71. The molecule has 0 heterocycles. The molecule has 0 aliphatic rings. The quantitative estimate of drug-likeness (QED) is 0.419. The first kappa shape index (κ1) is 26.0. The number of hydrogen-bond donors (Lipinski definition) is 3. The third kappa shape index (κ3) is 6.48. The first-order chi connectivity index (χ1) is 16.5. The SMILES string of the molecule is Cc1cccc(C(=O)NC(C(=O)Nc2ccc(S(=O)(=O)Nc3c(C)cccc3C)cc2)C(C)C)c1. The van der Waals surface area contributed by atoms with E-state index in [1.807, 2.05) is 58.9 Å². The zero-order valence-electron chi connectivity index (χ0n) is 20.5. The Morgan fingerprint density at radius 1 is 0.829 bits per heavy atom. The summed E-state index contributed by atoms with van der Waals surface area (Å²) < 4.78 is 28.4. The first-order valence-electron chi connectivity index (χ1n) is 11.4. The highest BCUT2D eigenvalue weighted by molar-refractivity contribution is 7.92. The van der Waals surface area contributed by atoms with Crippen molar-refractivity contribution in [1.29, 1.82) is 0 Å². The van der Waals surface area contributed by atoms with Crippen LogP contribution in [0.5, 0.6) is 0 Å². The summed E-state index contributed by atoms with van der Waals surface area (Å²) >= 11 is 0. The number of aryl methyl sites for hydroxylation is 3. The van der Waals surface area contributed by atoms with Crippen LogP contribution in [0.15, 0.2) is 71.6 Å². The fourth-order valence-electron chi connectivity index (χ4n) is 3.65. The van der Waals surface area contributed by atoms with E-state index in [1.165, 1.54) is 24.3 Å². The van der Waals surface area contributed by atoms with Gasteiger partial charge in [0, 0.05) is 11.3 Å². The minimum atomic E-state index is -3.80. The summed E-state index contributed by atoms with van der Waals surface area (Å²) in [6.07, 6.45) is 0. The lowest BCUT2D eigenvalue weighted by Crippen LogP contribution is -2.47. The maximum atomic E-state index is 12.9. The lowest BCUT2D eigenvalue weighted by atomic mass is 10.0. The van der Waals surface area contributed by atoms with Crippen molar-refractivity contribution in [2.24, 2.45) is 5.92 Å².